The van der Waals surface area contributed by atoms with E-state index in [1.807, 2.05) is 24.3 Å². The summed E-state index contributed by atoms with van der Waals surface area (Å²) in [5, 5.41) is 31.9. The molecule has 0 aliphatic carbocycles. The van der Waals surface area contributed by atoms with E-state index in [0.717, 1.165) is 42.9 Å². The second-order valence-corrected chi connectivity index (χ2v) is 10.5. The maximum absolute atomic E-state index is 10.7. The van der Waals surface area contributed by atoms with Crippen molar-refractivity contribution in [3.63, 3.8) is 0 Å². The summed E-state index contributed by atoms with van der Waals surface area (Å²) in [6, 6.07) is 26.7. The van der Waals surface area contributed by atoms with E-state index in [9.17, 15) is 9.90 Å². The van der Waals surface area contributed by atoms with Gasteiger partial charge in [0, 0.05) is 44.2 Å². The van der Waals surface area contributed by atoms with Gasteiger partial charge in [0.2, 0.25) is 5.82 Å². The Hall–Kier alpha value is -4.08. The van der Waals surface area contributed by atoms with Crippen molar-refractivity contribution < 1.29 is 15.0 Å². The predicted octanol–water partition coefficient (Wildman–Crippen LogP) is 4.60. The van der Waals surface area contributed by atoms with E-state index in [0.29, 0.717) is 31.3 Å². The highest BCUT2D eigenvalue weighted by atomic mass is 16.4. The first kappa shape index (κ1) is 27.5. The summed E-state index contributed by atoms with van der Waals surface area (Å²) in [6.45, 7) is 6.59. The van der Waals surface area contributed by atoms with Crippen molar-refractivity contribution in [2.45, 2.75) is 51.4 Å². The standard InChI is InChI=1S/C31H36N6O3/c1-23-21-35(22-24-8-3-2-4-9-24)18-19-36(23)30(27-10-7-11-28(38)20-27)25-13-15-26(16-14-25)31-32-34-37(33-31)17-6-5-12-29(39)40/h2-4,7-11,13-16,20,23,30,38H,5-6,12,17-19,21-22H2,1H3,(H,39,40)/t23-,30+/m0/s1. The Kier molecular flexibility index (Phi) is 8.83. The molecule has 4 aromatic rings. The van der Waals surface area contributed by atoms with Crippen molar-refractivity contribution in [3.8, 4) is 17.1 Å². The van der Waals surface area contributed by atoms with Gasteiger partial charge in [0.15, 0.2) is 0 Å². The summed E-state index contributed by atoms with van der Waals surface area (Å²) in [4.78, 5) is 17.3. The molecule has 1 aliphatic heterocycles. The van der Waals surface area contributed by atoms with Crippen LogP contribution in [0.25, 0.3) is 11.4 Å². The van der Waals surface area contributed by atoms with Crippen LogP contribution in [-0.4, -0.2) is 71.9 Å². The Bertz CT molecular complexity index is 1390. The lowest BCUT2D eigenvalue weighted by Crippen LogP contribution is -2.52. The smallest absolute Gasteiger partial charge is 0.303 e. The number of aromatic nitrogens is 4. The van der Waals surface area contributed by atoms with E-state index in [1.54, 1.807) is 6.07 Å². The Morgan fingerprint density at radius 1 is 0.975 bits per heavy atom. The lowest BCUT2D eigenvalue weighted by atomic mass is 9.93. The lowest BCUT2D eigenvalue weighted by molar-refractivity contribution is -0.137. The molecule has 1 aliphatic rings. The highest BCUT2D eigenvalue weighted by molar-refractivity contribution is 5.66. The number of tetrazole rings is 1. The van der Waals surface area contributed by atoms with Gasteiger partial charge < -0.3 is 10.2 Å². The van der Waals surface area contributed by atoms with Crippen LogP contribution in [0.15, 0.2) is 78.9 Å². The third-order valence-corrected chi connectivity index (χ3v) is 7.47. The number of piperazine rings is 1. The number of hydrogen-bond donors (Lipinski definition) is 2. The molecule has 0 amide bonds. The number of rotatable bonds is 11. The molecule has 2 atom stereocenters. The summed E-state index contributed by atoms with van der Waals surface area (Å²) in [5.74, 6) is 0.0139. The Morgan fingerprint density at radius 2 is 1.77 bits per heavy atom. The van der Waals surface area contributed by atoms with E-state index in [4.69, 9.17) is 5.11 Å². The average Bonchev–Trinajstić information content (AvgIpc) is 3.42. The van der Waals surface area contributed by atoms with Gasteiger partial charge in [0.1, 0.15) is 5.75 Å². The van der Waals surface area contributed by atoms with Crippen molar-refractivity contribution in [1.82, 2.24) is 30.0 Å². The fourth-order valence-corrected chi connectivity index (χ4v) is 5.48. The molecule has 0 radical (unpaired) electrons. The van der Waals surface area contributed by atoms with E-state index in [-0.39, 0.29) is 18.2 Å². The molecule has 5 rings (SSSR count). The second-order valence-electron chi connectivity index (χ2n) is 10.5. The first-order valence-corrected chi connectivity index (χ1v) is 13.9. The van der Waals surface area contributed by atoms with Crippen LogP contribution in [-0.2, 0) is 17.9 Å². The Morgan fingerprint density at radius 3 is 2.50 bits per heavy atom. The van der Waals surface area contributed by atoms with Gasteiger partial charge in [0.25, 0.3) is 0 Å². The maximum atomic E-state index is 10.7. The summed E-state index contributed by atoms with van der Waals surface area (Å²) in [5.41, 5.74) is 4.39. The first-order chi connectivity index (χ1) is 19.5. The number of phenolic OH excluding ortho intramolecular Hbond substituents is 1. The monoisotopic (exact) mass is 540 g/mol. The number of aryl methyl sites for hydroxylation is 1. The van der Waals surface area contributed by atoms with Gasteiger partial charge in [-0.1, -0.05) is 66.7 Å². The molecule has 0 bridgehead atoms. The fraction of sp³-hybridized carbons (Fsp3) is 0.355. The Labute approximate surface area is 234 Å². The number of benzene rings is 3. The van der Waals surface area contributed by atoms with Crippen LogP contribution >= 0.6 is 0 Å². The van der Waals surface area contributed by atoms with Gasteiger partial charge >= 0.3 is 5.97 Å². The van der Waals surface area contributed by atoms with E-state index >= 15 is 0 Å². The molecule has 0 spiro atoms. The van der Waals surface area contributed by atoms with Crippen LogP contribution in [0.4, 0.5) is 0 Å². The van der Waals surface area contributed by atoms with Gasteiger partial charge in [-0.2, -0.15) is 4.80 Å². The van der Waals surface area contributed by atoms with Crippen LogP contribution in [0.5, 0.6) is 5.75 Å². The first-order valence-electron chi connectivity index (χ1n) is 13.9. The molecular formula is C31H36N6O3. The van der Waals surface area contributed by atoms with Gasteiger partial charge in [0.05, 0.1) is 12.6 Å². The fourth-order valence-electron chi connectivity index (χ4n) is 5.48. The largest absolute Gasteiger partial charge is 0.508 e. The van der Waals surface area contributed by atoms with Crippen molar-refractivity contribution in [2.24, 2.45) is 0 Å². The molecule has 208 valence electrons. The summed E-state index contributed by atoms with van der Waals surface area (Å²) < 4.78 is 0. The lowest BCUT2D eigenvalue weighted by Gasteiger charge is -2.44. The number of aliphatic carboxylic acids is 1. The van der Waals surface area contributed by atoms with Crippen molar-refractivity contribution in [3.05, 3.63) is 95.6 Å². The number of unbranched alkanes of at least 4 members (excludes halogenated alkanes) is 1. The molecule has 2 heterocycles. The van der Waals surface area contributed by atoms with E-state index in [1.165, 1.54) is 10.4 Å². The number of aromatic hydroxyl groups is 1. The van der Waals surface area contributed by atoms with E-state index in [2.05, 4.69) is 80.7 Å². The summed E-state index contributed by atoms with van der Waals surface area (Å²) >= 11 is 0. The van der Waals surface area contributed by atoms with Gasteiger partial charge in [-0.25, -0.2) is 0 Å². The molecule has 40 heavy (non-hydrogen) atoms. The summed E-state index contributed by atoms with van der Waals surface area (Å²) in [7, 11) is 0. The zero-order valence-electron chi connectivity index (χ0n) is 22.8. The molecule has 1 saturated heterocycles. The van der Waals surface area contributed by atoms with Crippen LogP contribution in [0.1, 0.15) is 48.9 Å². The predicted molar refractivity (Wildman–Crippen MR) is 153 cm³/mol. The Balaban J connectivity index is 1.31. The van der Waals surface area contributed by atoms with Crippen molar-refractivity contribution in [2.75, 3.05) is 19.6 Å². The molecule has 2 N–H and O–H groups in total. The number of carbonyl (C=O) groups is 1. The molecule has 1 aromatic heterocycles. The van der Waals surface area contributed by atoms with Gasteiger partial charge in [-0.15, -0.1) is 10.2 Å². The number of hydrogen-bond acceptors (Lipinski definition) is 7. The topological polar surface area (TPSA) is 108 Å². The minimum absolute atomic E-state index is 0.00657. The highest BCUT2D eigenvalue weighted by Gasteiger charge is 2.31. The molecule has 1 fully saturated rings. The third-order valence-electron chi connectivity index (χ3n) is 7.47. The number of nitrogens with zero attached hydrogens (tertiary/aromatic N) is 6. The van der Waals surface area contributed by atoms with Crippen LogP contribution in [0.3, 0.4) is 0 Å². The molecule has 0 saturated carbocycles. The van der Waals surface area contributed by atoms with Gasteiger partial charge in [-0.05, 0) is 53.8 Å². The quantitative estimate of drug-likeness (QED) is 0.266. The summed E-state index contributed by atoms with van der Waals surface area (Å²) in [6.07, 6.45) is 1.41. The normalized spacial score (nSPS) is 17.1. The zero-order chi connectivity index (χ0) is 27.9. The van der Waals surface area contributed by atoms with Crippen LogP contribution in [0.2, 0.25) is 0 Å². The average molecular weight is 541 g/mol. The van der Waals surface area contributed by atoms with Crippen molar-refractivity contribution in [1.29, 1.82) is 0 Å². The SMILES string of the molecule is C[C@H]1CN(Cc2ccccc2)CCN1[C@H](c1ccc(-c2nnn(CCCCC(=O)O)n2)cc1)c1cccc(O)c1. The maximum Gasteiger partial charge on any atom is 0.303 e. The molecule has 9 heteroatoms. The number of carboxylic acids is 1. The van der Waals surface area contributed by atoms with Gasteiger partial charge in [-0.3, -0.25) is 14.6 Å². The zero-order valence-corrected chi connectivity index (χ0v) is 22.8. The molecule has 3 aromatic carbocycles. The van der Waals surface area contributed by atoms with Crippen molar-refractivity contribution >= 4 is 5.97 Å². The van der Waals surface area contributed by atoms with Crippen LogP contribution in [0, 0.1) is 0 Å². The molecule has 0 unspecified atom stereocenters. The minimum Gasteiger partial charge on any atom is -0.508 e. The third kappa shape index (κ3) is 6.91. The number of phenols is 1. The van der Waals surface area contributed by atoms with Crippen LogP contribution < -0.4 is 0 Å². The molecule has 9 nitrogen and oxygen atoms in total. The minimum atomic E-state index is -0.792. The number of carboxylic acid groups (broad SMARTS) is 1. The molecular weight excluding hydrogens is 504 g/mol. The second kappa shape index (κ2) is 12.8. The highest BCUT2D eigenvalue weighted by Crippen LogP contribution is 2.34. The van der Waals surface area contributed by atoms with E-state index < -0.39 is 5.97 Å².